The summed E-state index contributed by atoms with van der Waals surface area (Å²) in [6.07, 6.45) is 4.74. The number of amides is 1. The fraction of sp³-hybridized carbons (Fsp3) is 0.667. The number of hydrogen-bond acceptors (Lipinski definition) is 4. The highest BCUT2D eigenvalue weighted by Crippen LogP contribution is 2.37. The van der Waals surface area contributed by atoms with Crippen molar-refractivity contribution in [2.24, 2.45) is 0 Å². The molecular weight excluding hydrogens is 308 g/mol. The largest absolute Gasteiger partial charge is 0.444 e. The van der Waals surface area contributed by atoms with Gasteiger partial charge in [-0.1, -0.05) is 19.9 Å². The van der Waals surface area contributed by atoms with Gasteiger partial charge in [-0.25, -0.2) is 9.78 Å². The van der Waals surface area contributed by atoms with E-state index in [1.807, 2.05) is 37.9 Å². The number of likely N-dealkylation sites (tertiary alicyclic amines) is 1. The summed E-state index contributed by atoms with van der Waals surface area (Å²) >= 11 is 1.76. The average molecular weight is 337 g/mol. The van der Waals surface area contributed by atoms with Gasteiger partial charge in [0.15, 0.2) is 0 Å². The predicted octanol–water partition coefficient (Wildman–Crippen LogP) is 5.04. The summed E-state index contributed by atoms with van der Waals surface area (Å²) in [6, 6.07) is 4.13. The summed E-state index contributed by atoms with van der Waals surface area (Å²) in [5.74, 6) is 0. The number of hydrogen-bond donors (Lipinski definition) is 0. The quantitative estimate of drug-likeness (QED) is 0.725. The first-order valence-electron chi connectivity index (χ1n) is 8.39. The van der Waals surface area contributed by atoms with Gasteiger partial charge in [0.05, 0.1) is 6.04 Å². The fourth-order valence-corrected chi connectivity index (χ4v) is 3.68. The second kappa shape index (κ2) is 7.56. The van der Waals surface area contributed by atoms with Crippen LogP contribution in [0.15, 0.2) is 23.4 Å². The molecule has 1 amide bonds. The third kappa shape index (κ3) is 5.13. The lowest BCUT2D eigenvalue weighted by Crippen LogP contribution is -2.42. The fourth-order valence-electron chi connectivity index (χ4n) is 2.77. The highest BCUT2D eigenvalue weighted by Gasteiger charge is 2.33. The first-order chi connectivity index (χ1) is 10.8. The van der Waals surface area contributed by atoms with Crippen LogP contribution in [0, 0.1) is 0 Å². The molecule has 2 rings (SSSR count). The SMILES string of the molecule is CC(C)Sc1ncccc1[C@H]1CCCCN1C(=O)OC(C)(C)C. The molecule has 1 aromatic heterocycles. The van der Waals surface area contributed by atoms with E-state index < -0.39 is 5.60 Å². The minimum absolute atomic E-state index is 0.0635. The number of ether oxygens (including phenoxy) is 1. The molecule has 0 aliphatic carbocycles. The molecule has 2 heterocycles. The van der Waals surface area contributed by atoms with Crippen molar-refractivity contribution in [3.63, 3.8) is 0 Å². The van der Waals surface area contributed by atoms with Gasteiger partial charge in [0.2, 0.25) is 0 Å². The van der Waals surface area contributed by atoms with Gasteiger partial charge in [0.1, 0.15) is 10.6 Å². The van der Waals surface area contributed by atoms with Crippen LogP contribution in [0.3, 0.4) is 0 Å². The summed E-state index contributed by atoms with van der Waals surface area (Å²) in [5.41, 5.74) is 0.681. The molecule has 0 unspecified atom stereocenters. The molecule has 1 aromatic rings. The second-order valence-corrected chi connectivity index (χ2v) is 8.81. The Morgan fingerprint density at radius 2 is 2.13 bits per heavy atom. The predicted molar refractivity (Wildman–Crippen MR) is 94.8 cm³/mol. The third-order valence-corrected chi connectivity index (χ3v) is 4.67. The number of aromatic nitrogens is 1. The molecule has 23 heavy (non-hydrogen) atoms. The van der Waals surface area contributed by atoms with Crippen LogP contribution in [0.1, 0.15) is 65.5 Å². The highest BCUT2D eigenvalue weighted by molar-refractivity contribution is 7.99. The van der Waals surface area contributed by atoms with Crippen molar-refractivity contribution in [3.8, 4) is 0 Å². The van der Waals surface area contributed by atoms with Crippen molar-refractivity contribution in [2.45, 2.75) is 75.8 Å². The van der Waals surface area contributed by atoms with Crippen LogP contribution in [0.5, 0.6) is 0 Å². The second-order valence-electron chi connectivity index (χ2n) is 7.25. The van der Waals surface area contributed by atoms with Crippen molar-refractivity contribution in [2.75, 3.05) is 6.54 Å². The number of thioether (sulfide) groups is 1. The van der Waals surface area contributed by atoms with E-state index in [0.29, 0.717) is 5.25 Å². The zero-order valence-electron chi connectivity index (χ0n) is 14.8. The molecule has 0 bridgehead atoms. The number of carbonyl (C=O) groups excluding carboxylic acids is 1. The monoisotopic (exact) mass is 336 g/mol. The maximum absolute atomic E-state index is 12.6. The maximum Gasteiger partial charge on any atom is 0.410 e. The normalized spacial score (nSPS) is 19.0. The Morgan fingerprint density at radius 1 is 1.39 bits per heavy atom. The van der Waals surface area contributed by atoms with Crippen LogP contribution in [-0.4, -0.2) is 33.4 Å². The Bertz CT molecular complexity index is 540. The van der Waals surface area contributed by atoms with Crippen molar-refractivity contribution in [3.05, 3.63) is 23.9 Å². The molecule has 0 saturated carbocycles. The van der Waals surface area contributed by atoms with Crippen LogP contribution in [0.4, 0.5) is 4.79 Å². The molecule has 1 fully saturated rings. The summed E-state index contributed by atoms with van der Waals surface area (Å²) < 4.78 is 5.61. The van der Waals surface area contributed by atoms with Crippen LogP contribution < -0.4 is 0 Å². The molecule has 1 aliphatic heterocycles. The first-order valence-corrected chi connectivity index (χ1v) is 9.27. The summed E-state index contributed by atoms with van der Waals surface area (Å²) in [6.45, 7) is 10.8. The Hall–Kier alpha value is -1.23. The number of carbonyl (C=O) groups is 1. The molecule has 0 radical (unpaired) electrons. The van der Waals surface area contributed by atoms with Crippen LogP contribution in [-0.2, 0) is 4.74 Å². The van der Waals surface area contributed by atoms with E-state index in [-0.39, 0.29) is 12.1 Å². The van der Waals surface area contributed by atoms with Gasteiger partial charge in [0, 0.05) is 23.6 Å². The average Bonchev–Trinajstić information content (AvgIpc) is 2.45. The molecule has 1 saturated heterocycles. The smallest absolute Gasteiger partial charge is 0.410 e. The van der Waals surface area contributed by atoms with Gasteiger partial charge >= 0.3 is 6.09 Å². The van der Waals surface area contributed by atoms with E-state index in [1.54, 1.807) is 11.8 Å². The topological polar surface area (TPSA) is 42.4 Å². The molecular formula is C18H28N2O2S. The summed E-state index contributed by atoms with van der Waals surface area (Å²) in [5, 5.41) is 1.49. The van der Waals surface area contributed by atoms with Gasteiger partial charge in [-0.05, 0) is 46.1 Å². The summed E-state index contributed by atoms with van der Waals surface area (Å²) in [7, 11) is 0. The third-order valence-electron chi connectivity index (χ3n) is 3.64. The Balaban J connectivity index is 2.26. The minimum atomic E-state index is -0.469. The van der Waals surface area contributed by atoms with E-state index in [4.69, 9.17) is 4.74 Å². The van der Waals surface area contributed by atoms with Crippen LogP contribution >= 0.6 is 11.8 Å². The van der Waals surface area contributed by atoms with E-state index in [2.05, 4.69) is 24.9 Å². The number of pyridine rings is 1. The lowest BCUT2D eigenvalue weighted by atomic mass is 9.97. The standard InChI is InChI=1S/C18H28N2O2S/c1-13(2)23-16-14(9-8-11-19-16)15-10-6-7-12-20(15)17(21)22-18(3,4)5/h8-9,11,13,15H,6-7,10,12H2,1-5H3/t15-/m1/s1. The lowest BCUT2D eigenvalue weighted by Gasteiger charge is -2.37. The van der Waals surface area contributed by atoms with E-state index in [0.717, 1.165) is 36.4 Å². The van der Waals surface area contributed by atoms with Gasteiger partial charge < -0.3 is 9.64 Å². The number of nitrogens with zero attached hydrogens (tertiary/aromatic N) is 2. The summed E-state index contributed by atoms with van der Waals surface area (Å²) in [4.78, 5) is 19.0. The lowest BCUT2D eigenvalue weighted by molar-refractivity contribution is 0.00915. The van der Waals surface area contributed by atoms with Crippen molar-refractivity contribution < 1.29 is 9.53 Å². The van der Waals surface area contributed by atoms with Crippen LogP contribution in [0.2, 0.25) is 0 Å². The Labute approximate surface area is 144 Å². The van der Waals surface area contributed by atoms with Crippen molar-refractivity contribution in [1.82, 2.24) is 9.88 Å². The van der Waals surface area contributed by atoms with Crippen molar-refractivity contribution >= 4 is 17.9 Å². The Kier molecular flexibility index (Phi) is 5.95. The minimum Gasteiger partial charge on any atom is -0.444 e. The van der Waals surface area contributed by atoms with Crippen LogP contribution in [0.25, 0.3) is 0 Å². The van der Waals surface area contributed by atoms with Gasteiger partial charge in [-0.3, -0.25) is 0 Å². The van der Waals surface area contributed by atoms with E-state index in [1.165, 1.54) is 0 Å². The zero-order valence-corrected chi connectivity index (χ0v) is 15.7. The Morgan fingerprint density at radius 3 is 2.78 bits per heavy atom. The molecule has 0 aromatic carbocycles. The molecule has 128 valence electrons. The highest BCUT2D eigenvalue weighted by atomic mass is 32.2. The molecule has 5 heteroatoms. The van der Waals surface area contributed by atoms with Gasteiger partial charge in [0.25, 0.3) is 0 Å². The number of piperidine rings is 1. The zero-order chi connectivity index (χ0) is 17.0. The maximum atomic E-state index is 12.6. The van der Waals surface area contributed by atoms with Gasteiger partial charge in [-0.2, -0.15) is 0 Å². The molecule has 1 atom stereocenters. The van der Waals surface area contributed by atoms with Gasteiger partial charge in [-0.15, -0.1) is 11.8 Å². The molecule has 1 aliphatic rings. The number of rotatable bonds is 3. The molecule has 4 nitrogen and oxygen atoms in total. The molecule has 0 spiro atoms. The van der Waals surface area contributed by atoms with E-state index in [9.17, 15) is 4.79 Å². The van der Waals surface area contributed by atoms with Crippen molar-refractivity contribution in [1.29, 1.82) is 0 Å². The first kappa shape index (κ1) is 18.1. The molecule has 0 N–H and O–H groups in total. The van der Waals surface area contributed by atoms with E-state index >= 15 is 0 Å².